The summed E-state index contributed by atoms with van der Waals surface area (Å²) in [5, 5.41) is 34.2. The van der Waals surface area contributed by atoms with Gasteiger partial charge in [-0.2, -0.15) is 11.8 Å². The molecule has 342 valence electrons. The van der Waals surface area contributed by atoms with Crippen molar-refractivity contribution in [3.63, 3.8) is 0 Å². The van der Waals surface area contributed by atoms with Crippen LogP contribution in [0.25, 0.3) is 0 Å². The Bertz CT molecular complexity index is 1500. The molecule has 0 unspecified atom stereocenters. The number of aliphatic carboxylic acids is 1. The van der Waals surface area contributed by atoms with Gasteiger partial charge in [-0.15, -0.1) is 0 Å². The number of hydrogen-bond donors (Lipinski definition) is 15. The number of nitrogens with zero attached hydrogens (tertiary/aromatic N) is 3. The lowest BCUT2D eigenvalue weighted by atomic mass is 10.0. The molecule has 6 amide bonds. The number of aliphatic hydroxyl groups excluding tert-OH is 1. The lowest BCUT2D eigenvalue weighted by Gasteiger charge is -2.27. The summed E-state index contributed by atoms with van der Waals surface area (Å²) >= 11 is 1.37. The SMILES string of the molecule is CSCC[C@H](NC(=O)[C@H](CO)NC(=O)[C@@H](NC(=O)[C@H](C)NC(=O)[C@H](CCCN=C(N)N)NC(=O)[C@H](CCCN=C(N)N)NC(=O)[C@@H](N)CCCN=C(N)N)C(C)C)C(=O)O. The lowest BCUT2D eigenvalue weighted by molar-refractivity contribution is -0.142. The third-order valence-corrected chi connectivity index (χ3v) is 9.14. The van der Waals surface area contributed by atoms with Crippen LogP contribution >= 0.6 is 11.8 Å². The zero-order chi connectivity index (χ0) is 45.9. The van der Waals surface area contributed by atoms with Crippen molar-refractivity contribution in [1.29, 1.82) is 0 Å². The Labute approximate surface area is 353 Å². The topological polar surface area (TPSA) is 451 Å². The van der Waals surface area contributed by atoms with Crippen LogP contribution < -0.4 is 72.0 Å². The van der Waals surface area contributed by atoms with E-state index in [2.05, 4.69) is 46.9 Å². The largest absolute Gasteiger partial charge is 0.480 e. The number of aliphatic hydroxyl groups is 1. The minimum absolute atomic E-state index is 0.0245. The minimum atomic E-state index is -1.54. The quantitative estimate of drug-likeness (QED) is 0.0181. The van der Waals surface area contributed by atoms with Crippen molar-refractivity contribution in [2.45, 2.75) is 108 Å². The van der Waals surface area contributed by atoms with Gasteiger partial charge in [-0.25, -0.2) is 4.79 Å². The van der Waals surface area contributed by atoms with Crippen LogP contribution in [0.5, 0.6) is 0 Å². The highest BCUT2D eigenvalue weighted by molar-refractivity contribution is 7.98. The number of carbonyl (C=O) groups is 7. The molecule has 0 fully saturated rings. The summed E-state index contributed by atoms with van der Waals surface area (Å²) in [5.41, 5.74) is 38.4. The number of hydrogen-bond acceptors (Lipinski definition) is 13. The molecule has 0 heterocycles. The maximum Gasteiger partial charge on any atom is 0.326 e. The first-order chi connectivity index (χ1) is 28.1. The standard InChI is InChI=1S/C34H66N16O9S/c1-17(2)24(30(57)49-23(16-51)29(56)48-22(31(58)59)11-15-60-4)50-25(52)18(3)45-27(54)20(9-6-13-43-33(38)39)47-28(55)21(10-7-14-44-34(40)41)46-26(53)19(35)8-5-12-42-32(36)37/h17-24,51H,5-16,35H2,1-4H3,(H,45,54)(H,46,53)(H,47,55)(H,48,56)(H,49,57)(H,50,52)(H,58,59)(H4,36,37,42)(H4,38,39,43)(H4,40,41,44)/t18-,19-,20-,21-,22-,23-,24-/m0/s1. The molecule has 0 spiro atoms. The summed E-state index contributed by atoms with van der Waals surface area (Å²) < 4.78 is 0. The van der Waals surface area contributed by atoms with E-state index in [0.29, 0.717) is 12.2 Å². The predicted octanol–water partition coefficient (Wildman–Crippen LogP) is -6.11. The molecule has 0 aromatic carbocycles. The normalized spacial score (nSPS) is 14.3. The molecule has 0 saturated heterocycles. The van der Waals surface area contributed by atoms with Crippen molar-refractivity contribution in [2.75, 3.05) is 38.2 Å². The highest BCUT2D eigenvalue weighted by atomic mass is 32.2. The lowest BCUT2D eigenvalue weighted by Crippen LogP contribution is -2.60. The number of carboxylic acids is 1. The number of amides is 6. The van der Waals surface area contributed by atoms with E-state index in [1.54, 1.807) is 20.1 Å². The van der Waals surface area contributed by atoms with Crippen LogP contribution in [0.1, 0.15) is 65.7 Å². The van der Waals surface area contributed by atoms with Gasteiger partial charge >= 0.3 is 5.97 Å². The fourth-order valence-corrected chi connectivity index (χ4v) is 5.63. The molecule has 60 heavy (non-hydrogen) atoms. The summed E-state index contributed by atoms with van der Waals surface area (Å²) in [6.45, 7) is 4.07. The van der Waals surface area contributed by atoms with E-state index < -0.39 is 96.2 Å². The Balaban J connectivity index is 6.06. The number of thioether (sulfide) groups is 1. The molecule has 22 N–H and O–H groups in total. The van der Waals surface area contributed by atoms with Crippen LogP contribution in [0.3, 0.4) is 0 Å². The van der Waals surface area contributed by atoms with Gasteiger partial charge in [-0.05, 0) is 69.8 Å². The fraction of sp³-hybridized carbons (Fsp3) is 0.706. The molecule has 0 aromatic heterocycles. The van der Waals surface area contributed by atoms with Crippen molar-refractivity contribution < 1.29 is 43.8 Å². The molecule has 0 radical (unpaired) electrons. The van der Waals surface area contributed by atoms with Crippen LogP contribution in [0.2, 0.25) is 0 Å². The van der Waals surface area contributed by atoms with Crippen molar-refractivity contribution in [3.8, 4) is 0 Å². The number of carboxylic acid groups (broad SMARTS) is 1. The Hall–Kier alpha value is -5.63. The highest BCUT2D eigenvalue weighted by Gasteiger charge is 2.33. The van der Waals surface area contributed by atoms with Gasteiger partial charge in [0.15, 0.2) is 17.9 Å². The van der Waals surface area contributed by atoms with E-state index in [0.717, 1.165) is 0 Å². The Morgan fingerprint density at radius 2 is 0.967 bits per heavy atom. The minimum Gasteiger partial charge on any atom is -0.480 e. The van der Waals surface area contributed by atoms with Crippen LogP contribution in [-0.4, -0.2) is 150 Å². The second-order valence-electron chi connectivity index (χ2n) is 14.0. The molecule has 7 atom stereocenters. The summed E-state index contributed by atoms with van der Waals surface area (Å²) in [4.78, 5) is 103. The monoisotopic (exact) mass is 874 g/mol. The van der Waals surface area contributed by atoms with Gasteiger partial charge in [0, 0.05) is 19.6 Å². The fourth-order valence-electron chi connectivity index (χ4n) is 5.16. The molecule has 0 rings (SSSR count). The molecule has 0 aliphatic heterocycles. The van der Waals surface area contributed by atoms with Gasteiger partial charge in [0.2, 0.25) is 35.4 Å². The molecule has 25 nitrogen and oxygen atoms in total. The summed E-state index contributed by atoms with van der Waals surface area (Å²) in [7, 11) is 0. The highest BCUT2D eigenvalue weighted by Crippen LogP contribution is 2.08. The van der Waals surface area contributed by atoms with Crippen LogP contribution in [0.4, 0.5) is 0 Å². The first kappa shape index (κ1) is 54.4. The van der Waals surface area contributed by atoms with E-state index in [-0.39, 0.29) is 76.0 Å². The first-order valence-electron chi connectivity index (χ1n) is 19.2. The Kier molecular flexibility index (Phi) is 26.8. The maximum absolute atomic E-state index is 13.7. The maximum atomic E-state index is 13.7. The second kappa shape index (κ2) is 29.6. The summed E-state index contributed by atoms with van der Waals surface area (Å²) in [6.07, 6.45) is 2.85. The average molecular weight is 875 g/mol. The zero-order valence-electron chi connectivity index (χ0n) is 34.6. The van der Waals surface area contributed by atoms with Gasteiger partial charge in [0.1, 0.15) is 36.3 Å². The molecule has 0 bridgehead atoms. The van der Waals surface area contributed by atoms with Gasteiger partial charge in [0.25, 0.3) is 0 Å². The molecule has 0 saturated carbocycles. The third-order valence-electron chi connectivity index (χ3n) is 8.50. The van der Waals surface area contributed by atoms with Crippen molar-refractivity contribution in [1.82, 2.24) is 31.9 Å². The van der Waals surface area contributed by atoms with E-state index in [4.69, 9.17) is 40.1 Å². The Morgan fingerprint density at radius 1 is 0.550 bits per heavy atom. The van der Waals surface area contributed by atoms with E-state index in [1.165, 1.54) is 18.7 Å². The molecular weight excluding hydrogens is 809 g/mol. The molecule has 0 aromatic rings. The van der Waals surface area contributed by atoms with Crippen molar-refractivity contribution >= 4 is 71.1 Å². The van der Waals surface area contributed by atoms with E-state index >= 15 is 0 Å². The van der Waals surface area contributed by atoms with Crippen LogP contribution in [0.15, 0.2) is 15.0 Å². The molecule has 0 aliphatic rings. The summed E-state index contributed by atoms with van der Waals surface area (Å²) in [6, 6.07) is -8.90. The third kappa shape index (κ3) is 23.1. The van der Waals surface area contributed by atoms with Gasteiger partial charge in [0.05, 0.1) is 12.6 Å². The van der Waals surface area contributed by atoms with Crippen LogP contribution in [-0.2, 0) is 33.6 Å². The van der Waals surface area contributed by atoms with Gasteiger partial charge in [-0.3, -0.25) is 43.7 Å². The predicted molar refractivity (Wildman–Crippen MR) is 228 cm³/mol. The van der Waals surface area contributed by atoms with Crippen molar-refractivity contribution in [2.24, 2.45) is 61.0 Å². The van der Waals surface area contributed by atoms with Gasteiger partial charge < -0.3 is 82.2 Å². The first-order valence-corrected chi connectivity index (χ1v) is 20.6. The van der Waals surface area contributed by atoms with Gasteiger partial charge in [-0.1, -0.05) is 13.8 Å². The second-order valence-corrected chi connectivity index (χ2v) is 14.9. The number of guanidine groups is 3. The Morgan fingerprint density at radius 3 is 1.40 bits per heavy atom. The molecular formula is C34H66N16O9S. The number of nitrogens with two attached hydrogens (primary N) is 7. The zero-order valence-corrected chi connectivity index (χ0v) is 35.5. The smallest absolute Gasteiger partial charge is 0.326 e. The molecule has 0 aliphatic carbocycles. The molecule has 26 heteroatoms. The number of aliphatic imine (C=N–C) groups is 3. The van der Waals surface area contributed by atoms with E-state index in [9.17, 15) is 43.8 Å². The number of rotatable bonds is 30. The number of carbonyl (C=O) groups excluding carboxylic acids is 6. The van der Waals surface area contributed by atoms with E-state index in [1.807, 2.05) is 0 Å². The van der Waals surface area contributed by atoms with Crippen LogP contribution in [0, 0.1) is 5.92 Å². The number of nitrogens with one attached hydrogen (secondary N) is 6. The average Bonchev–Trinajstić information content (AvgIpc) is 3.17. The summed E-state index contributed by atoms with van der Waals surface area (Å²) in [5.74, 6) is -6.81. The van der Waals surface area contributed by atoms with Crippen molar-refractivity contribution in [3.05, 3.63) is 0 Å².